The van der Waals surface area contributed by atoms with E-state index in [0.29, 0.717) is 25.0 Å². The van der Waals surface area contributed by atoms with Gasteiger partial charge in [-0.15, -0.1) is 0 Å². The number of hydrogen-bond acceptors (Lipinski definition) is 4. The molecule has 1 rings (SSSR count). The van der Waals surface area contributed by atoms with Crippen LogP contribution in [-0.2, 0) is 9.47 Å². The molecule has 160 valence electrons. The van der Waals surface area contributed by atoms with E-state index in [9.17, 15) is 9.59 Å². The van der Waals surface area contributed by atoms with Crippen molar-refractivity contribution in [3.05, 3.63) is 0 Å². The van der Waals surface area contributed by atoms with Crippen molar-refractivity contribution in [2.24, 2.45) is 5.92 Å². The van der Waals surface area contributed by atoms with Gasteiger partial charge in [0.05, 0.1) is 0 Å². The molecule has 1 aliphatic rings. The smallest absolute Gasteiger partial charge is 0.411 e. The molecule has 0 aromatic carbocycles. The Hall–Kier alpha value is -0.880. The Kier molecular flexibility index (Phi) is 14.6. The van der Waals surface area contributed by atoms with Gasteiger partial charge < -0.3 is 19.3 Å². The first-order chi connectivity index (χ1) is 12.8. The third-order valence-electron chi connectivity index (χ3n) is 4.37. The third kappa shape index (κ3) is 10.9. The Morgan fingerprint density at radius 3 is 1.89 bits per heavy atom. The molecule has 0 N–H and O–H groups in total. The van der Waals surface area contributed by atoms with Gasteiger partial charge in [-0.3, -0.25) is 0 Å². The topological polar surface area (TPSA) is 59.1 Å². The fraction of sp³-hybridized carbons (Fsp3) is 0.895. The lowest BCUT2D eigenvalue weighted by molar-refractivity contribution is 0.0919. The fourth-order valence-electron chi connectivity index (χ4n) is 3.08. The van der Waals surface area contributed by atoms with Crippen LogP contribution in [0.2, 0.25) is 0 Å². The highest BCUT2D eigenvalue weighted by molar-refractivity contribution is 6.17. The molecule has 0 aromatic rings. The minimum absolute atomic E-state index is 0.0535. The average molecular weight is 427 g/mol. The number of amides is 2. The molecule has 0 radical (unpaired) electrons. The van der Waals surface area contributed by atoms with E-state index >= 15 is 0 Å². The second-order valence-electron chi connectivity index (χ2n) is 7.26. The van der Waals surface area contributed by atoms with Gasteiger partial charge in [0.1, 0.15) is 0 Å². The first-order valence-electron chi connectivity index (χ1n) is 9.77. The van der Waals surface area contributed by atoms with Crippen LogP contribution in [0, 0.1) is 5.92 Å². The lowest BCUT2D eigenvalue weighted by Gasteiger charge is -2.32. The predicted molar refractivity (Wildman–Crippen MR) is 110 cm³/mol. The Labute approximate surface area is 174 Å². The maximum Gasteiger partial charge on any atom is 0.411 e. The van der Waals surface area contributed by atoms with E-state index in [1.165, 1.54) is 19.3 Å². The molecule has 27 heavy (non-hydrogen) atoms. The molecule has 8 heteroatoms. The Balaban J connectivity index is 0.000000503. The number of nitrogens with zero attached hydrogens (tertiary/aromatic N) is 2. The molecule has 0 saturated heterocycles. The number of hydrogen-bond donors (Lipinski definition) is 0. The summed E-state index contributed by atoms with van der Waals surface area (Å²) in [5.41, 5.74) is 0. The van der Waals surface area contributed by atoms with Gasteiger partial charge in [-0.1, -0.05) is 56.3 Å². The minimum atomic E-state index is -0.335. The zero-order chi connectivity index (χ0) is 20.8. The van der Waals surface area contributed by atoms with Crippen molar-refractivity contribution in [3.63, 3.8) is 0 Å². The summed E-state index contributed by atoms with van der Waals surface area (Å²) in [5, 5.41) is 0. The largest absolute Gasteiger partial charge is 0.433 e. The van der Waals surface area contributed by atoms with Crippen molar-refractivity contribution in [2.45, 2.75) is 78.8 Å². The quantitative estimate of drug-likeness (QED) is 0.492. The van der Waals surface area contributed by atoms with E-state index < -0.39 is 0 Å². The number of carbonyl (C=O) groups excluding carboxylic acids is 2. The molecule has 6 nitrogen and oxygen atoms in total. The number of halogens is 2. The normalized spacial score (nSPS) is 14.4. The number of ether oxygens (including phenoxy) is 2. The fourth-order valence-corrected chi connectivity index (χ4v) is 3.26. The molecule has 0 atom stereocenters. The lowest BCUT2D eigenvalue weighted by atomic mass is 9.94. The lowest BCUT2D eigenvalue weighted by Crippen LogP contribution is -2.41. The van der Waals surface area contributed by atoms with E-state index in [1.54, 1.807) is 9.80 Å². The highest BCUT2D eigenvalue weighted by Crippen LogP contribution is 2.22. The molecule has 0 aromatic heterocycles. The van der Waals surface area contributed by atoms with Gasteiger partial charge in [-0.05, 0) is 39.5 Å². The SMILES string of the molecule is CC(C)CN(C(=O)OCCl)C(C)C.CCN(C(=O)OCCl)C1CCCCC1. The van der Waals surface area contributed by atoms with Gasteiger partial charge in [0.2, 0.25) is 0 Å². The molecule has 1 aliphatic carbocycles. The van der Waals surface area contributed by atoms with Gasteiger partial charge in [0.25, 0.3) is 0 Å². The predicted octanol–water partition coefficient (Wildman–Crippen LogP) is 5.66. The Bertz CT molecular complexity index is 417. The molecule has 0 spiro atoms. The molecule has 0 aliphatic heterocycles. The van der Waals surface area contributed by atoms with Crippen LogP contribution in [0.1, 0.15) is 66.7 Å². The molecule has 0 unspecified atom stereocenters. The molecular weight excluding hydrogens is 391 g/mol. The highest BCUT2D eigenvalue weighted by atomic mass is 35.5. The van der Waals surface area contributed by atoms with Crippen molar-refractivity contribution in [2.75, 3.05) is 25.2 Å². The molecule has 0 bridgehead atoms. The summed E-state index contributed by atoms with van der Waals surface area (Å²) in [7, 11) is 0. The van der Waals surface area contributed by atoms with Crippen LogP contribution >= 0.6 is 23.2 Å². The van der Waals surface area contributed by atoms with Crippen LogP contribution in [0.4, 0.5) is 9.59 Å². The second kappa shape index (κ2) is 15.1. The first-order valence-corrected chi connectivity index (χ1v) is 10.8. The number of rotatable bonds is 7. The maximum atomic E-state index is 11.5. The van der Waals surface area contributed by atoms with Gasteiger partial charge in [0, 0.05) is 25.2 Å². The summed E-state index contributed by atoms with van der Waals surface area (Å²) in [6, 6.07) is 0.380. The van der Waals surface area contributed by atoms with Crippen molar-refractivity contribution < 1.29 is 19.1 Å². The zero-order valence-corrected chi connectivity index (χ0v) is 18.9. The Morgan fingerprint density at radius 2 is 1.48 bits per heavy atom. The molecule has 1 fully saturated rings. The third-order valence-corrected chi connectivity index (χ3v) is 4.58. The van der Waals surface area contributed by atoms with E-state index in [1.807, 2.05) is 20.8 Å². The van der Waals surface area contributed by atoms with Crippen LogP contribution < -0.4 is 0 Å². The summed E-state index contributed by atoms with van der Waals surface area (Å²) in [5.74, 6) is 0.435. The number of alkyl halides is 2. The molecular formula is C19H36Cl2N2O4. The van der Waals surface area contributed by atoms with E-state index in [0.717, 1.165) is 12.8 Å². The van der Waals surface area contributed by atoms with Gasteiger partial charge in [-0.25, -0.2) is 9.59 Å². The van der Waals surface area contributed by atoms with Crippen LogP contribution in [0.15, 0.2) is 0 Å². The summed E-state index contributed by atoms with van der Waals surface area (Å²) < 4.78 is 9.52. The molecule has 0 heterocycles. The molecule has 1 saturated carbocycles. The standard InChI is InChI=1S/C10H18ClNO2.C9H18ClNO2/c1-2-12(10(13)14-8-11)9-6-4-3-5-7-9;1-7(2)5-11(8(3)4)9(12)13-6-10/h9H,2-8H2,1H3;7-8H,5-6H2,1-4H3. The summed E-state index contributed by atoms with van der Waals surface area (Å²) in [4.78, 5) is 26.3. The summed E-state index contributed by atoms with van der Waals surface area (Å²) in [6.45, 7) is 11.4. The van der Waals surface area contributed by atoms with Gasteiger partial charge >= 0.3 is 12.2 Å². The summed E-state index contributed by atoms with van der Waals surface area (Å²) in [6.07, 6.45) is 5.33. The first kappa shape index (κ1) is 26.1. The minimum Gasteiger partial charge on any atom is -0.433 e. The maximum absolute atomic E-state index is 11.5. The van der Waals surface area contributed by atoms with Crippen molar-refractivity contribution in [3.8, 4) is 0 Å². The van der Waals surface area contributed by atoms with E-state index in [4.69, 9.17) is 32.7 Å². The average Bonchev–Trinajstić information content (AvgIpc) is 2.62. The van der Waals surface area contributed by atoms with Crippen molar-refractivity contribution in [1.29, 1.82) is 0 Å². The van der Waals surface area contributed by atoms with Gasteiger partial charge in [0.15, 0.2) is 12.1 Å². The van der Waals surface area contributed by atoms with Crippen LogP contribution in [0.3, 0.4) is 0 Å². The zero-order valence-electron chi connectivity index (χ0n) is 17.4. The molecule has 2 amide bonds. The number of carbonyl (C=O) groups is 2. The van der Waals surface area contributed by atoms with E-state index in [2.05, 4.69) is 13.8 Å². The monoisotopic (exact) mass is 426 g/mol. The second-order valence-corrected chi connectivity index (χ2v) is 7.69. The van der Waals surface area contributed by atoms with Crippen LogP contribution in [0.5, 0.6) is 0 Å². The van der Waals surface area contributed by atoms with Crippen LogP contribution in [-0.4, -0.2) is 59.3 Å². The van der Waals surface area contributed by atoms with Gasteiger partial charge in [-0.2, -0.15) is 0 Å². The summed E-state index contributed by atoms with van der Waals surface area (Å²) >= 11 is 10.7. The van der Waals surface area contributed by atoms with E-state index in [-0.39, 0.29) is 30.4 Å². The van der Waals surface area contributed by atoms with Crippen molar-refractivity contribution in [1.82, 2.24) is 9.80 Å². The Morgan fingerprint density at radius 1 is 0.963 bits per heavy atom. The van der Waals surface area contributed by atoms with Crippen LogP contribution in [0.25, 0.3) is 0 Å². The highest BCUT2D eigenvalue weighted by Gasteiger charge is 2.24. The van der Waals surface area contributed by atoms with Crippen molar-refractivity contribution >= 4 is 35.4 Å².